The summed E-state index contributed by atoms with van der Waals surface area (Å²) < 4.78 is 32.7. The van der Waals surface area contributed by atoms with Gasteiger partial charge >= 0.3 is 0 Å². The van der Waals surface area contributed by atoms with E-state index < -0.39 is 10.0 Å². The Hall–Kier alpha value is -2.38. The summed E-state index contributed by atoms with van der Waals surface area (Å²) in [4.78, 5) is 14.2. The molecule has 28 heavy (non-hydrogen) atoms. The highest BCUT2D eigenvalue weighted by Crippen LogP contribution is 2.21. The maximum atomic E-state index is 12.4. The van der Waals surface area contributed by atoms with E-state index in [4.69, 9.17) is 4.74 Å². The lowest BCUT2D eigenvalue weighted by Gasteiger charge is -2.19. The van der Waals surface area contributed by atoms with E-state index >= 15 is 0 Å². The minimum absolute atomic E-state index is 0.0450. The van der Waals surface area contributed by atoms with Gasteiger partial charge in [0.15, 0.2) is 0 Å². The van der Waals surface area contributed by atoms with E-state index in [1.165, 1.54) is 0 Å². The summed E-state index contributed by atoms with van der Waals surface area (Å²) in [6.07, 6.45) is 0.0781. The van der Waals surface area contributed by atoms with Gasteiger partial charge in [0.1, 0.15) is 5.75 Å². The first kappa shape index (κ1) is 21.9. The Balaban J connectivity index is 1.94. The smallest absolute Gasteiger partial charge is 0.240 e. The molecule has 0 heterocycles. The lowest BCUT2D eigenvalue weighted by atomic mass is 10.1. The van der Waals surface area contributed by atoms with Gasteiger partial charge in [-0.3, -0.25) is 4.79 Å². The third-order valence-electron chi connectivity index (χ3n) is 4.69. The fraction of sp³-hybridized carbons (Fsp3) is 0.381. The maximum Gasteiger partial charge on any atom is 0.240 e. The van der Waals surface area contributed by atoms with Crippen molar-refractivity contribution in [3.8, 4) is 5.75 Å². The van der Waals surface area contributed by atoms with Crippen molar-refractivity contribution in [3.05, 3.63) is 58.7 Å². The molecule has 0 fully saturated rings. The van der Waals surface area contributed by atoms with Gasteiger partial charge in [-0.2, -0.15) is 0 Å². The molecule has 0 aliphatic heterocycles. The molecule has 0 saturated carbocycles. The van der Waals surface area contributed by atoms with Crippen LogP contribution in [0, 0.1) is 20.8 Å². The molecule has 0 aliphatic carbocycles. The van der Waals surface area contributed by atoms with Gasteiger partial charge in [-0.15, -0.1) is 0 Å². The van der Waals surface area contributed by atoms with Gasteiger partial charge in [0, 0.05) is 32.1 Å². The van der Waals surface area contributed by atoms with Crippen molar-refractivity contribution in [1.82, 2.24) is 9.62 Å². The monoisotopic (exact) mass is 404 g/mol. The van der Waals surface area contributed by atoms with Gasteiger partial charge < -0.3 is 9.64 Å². The molecular weight excluding hydrogens is 376 g/mol. The van der Waals surface area contributed by atoms with Crippen LogP contribution in [0.4, 0.5) is 0 Å². The van der Waals surface area contributed by atoms with Gasteiger partial charge in [0.25, 0.3) is 0 Å². The number of ether oxygens (including phenoxy) is 1. The van der Waals surface area contributed by atoms with Crippen molar-refractivity contribution >= 4 is 15.9 Å². The number of carbonyl (C=O) groups is 1. The topological polar surface area (TPSA) is 75.7 Å². The number of sulfonamides is 1. The van der Waals surface area contributed by atoms with Crippen LogP contribution in [0.5, 0.6) is 5.75 Å². The summed E-state index contributed by atoms with van der Waals surface area (Å²) in [7, 11) is -0.346. The van der Waals surface area contributed by atoms with Crippen LogP contribution in [0.1, 0.15) is 28.7 Å². The van der Waals surface area contributed by atoms with Crippen LogP contribution in [-0.4, -0.2) is 39.9 Å². The Morgan fingerprint density at radius 1 is 1.07 bits per heavy atom. The molecule has 0 aromatic heterocycles. The summed E-state index contributed by atoms with van der Waals surface area (Å²) in [5.41, 5.74) is 3.93. The quantitative estimate of drug-likeness (QED) is 0.734. The molecule has 2 rings (SSSR count). The van der Waals surface area contributed by atoms with Crippen molar-refractivity contribution in [2.75, 3.05) is 20.7 Å². The SMILES string of the molecule is COc1ccc(C)cc1CN(C)C(=O)CCNS(=O)(=O)c1ccc(C)c(C)c1. The largest absolute Gasteiger partial charge is 0.496 e. The number of nitrogens with zero attached hydrogens (tertiary/aromatic N) is 1. The summed E-state index contributed by atoms with van der Waals surface area (Å²) in [6, 6.07) is 10.8. The average Bonchev–Trinajstić information content (AvgIpc) is 2.63. The molecule has 1 N–H and O–H groups in total. The number of rotatable bonds is 8. The summed E-state index contributed by atoms with van der Waals surface area (Å²) in [6.45, 7) is 6.21. The molecular formula is C21H28N2O4S. The Labute approximate surface area is 167 Å². The van der Waals surface area contributed by atoms with Gasteiger partial charge in [-0.1, -0.05) is 23.8 Å². The van der Waals surface area contributed by atoms with E-state index in [2.05, 4.69) is 4.72 Å². The van der Waals surface area contributed by atoms with E-state index in [1.807, 2.05) is 39.0 Å². The second-order valence-electron chi connectivity index (χ2n) is 6.96. The highest BCUT2D eigenvalue weighted by Gasteiger charge is 2.17. The second kappa shape index (κ2) is 9.21. The Morgan fingerprint density at radius 3 is 2.43 bits per heavy atom. The number of carbonyl (C=O) groups excluding carboxylic acids is 1. The number of benzene rings is 2. The van der Waals surface area contributed by atoms with Crippen LogP contribution < -0.4 is 9.46 Å². The second-order valence-corrected chi connectivity index (χ2v) is 8.73. The molecule has 7 heteroatoms. The number of hydrogen-bond acceptors (Lipinski definition) is 4. The van der Waals surface area contributed by atoms with Gasteiger partial charge in [0.05, 0.1) is 12.0 Å². The first-order chi connectivity index (χ1) is 13.1. The fourth-order valence-electron chi connectivity index (χ4n) is 2.82. The fourth-order valence-corrected chi connectivity index (χ4v) is 3.94. The molecule has 0 unspecified atom stereocenters. The van der Waals surface area contributed by atoms with Crippen LogP contribution in [-0.2, 0) is 21.4 Å². The number of aryl methyl sites for hydroxylation is 3. The van der Waals surface area contributed by atoms with E-state index in [0.717, 1.165) is 28.0 Å². The highest BCUT2D eigenvalue weighted by molar-refractivity contribution is 7.89. The third kappa shape index (κ3) is 5.56. The molecule has 2 aromatic rings. The van der Waals surface area contributed by atoms with Crippen molar-refractivity contribution in [2.24, 2.45) is 0 Å². The molecule has 0 atom stereocenters. The molecule has 0 bridgehead atoms. The third-order valence-corrected chi connectivity index (χ3v) is 6.15. The van der Waals surface area contributed by atoms with E-state index in [0.29, 0.717) is 6.54 Å². The minimum atomic E-state index is -3.64. The van der Waals surface area contributed by atoms with Crippen molar-refractivity contribution in [1.29, 1.82) is 0 Å². The van der Waals surface area contributed by atoms with Crippen LogP contribution in [0.25, 0.3) is 0 Å². The first-order valence-electron chi connectivity index (χ1n) is 9.08. The van der Waals surface area contributed by atoms with Gasteiger partial charge in [-0.05, 0) is 50.1 Å². The Morgan fingerprint density at radius 2 is 1.79 bits per heavy atom. The zero-order valence-corrected chi connectivity index (χ0v) is 17.9. The summed E-state index contributed by atoms with van der Waals surface area (Å²) in [5.74, 6) is 0.576. The minimum Gasteiger partial charge on any atom is -0.496 e. The first-order valence-corrected chi connectivity index (χ1v) is 10.6. The van der Waals surface area contributed by atoms with Crippen molar-refractivity contribution < 1.29 is 17.9 Å². The molecule has 0 radical (unpaired) electrons. The molecule has 0 spiro atoms. The predicted molar refractivity (Wildman–Crippen MR) is 110 cm³/mol. The van der Waals surface area contributed by atoms with E-state index in [1.54, 1.807) is 37.3 Å². The zero-order chi connectivity index (χ0) is 20.9. The van der Waals surface area contributed by atoms with E-state index in [-0.39, 0.29) is 23.8 Å². The number of nitrogens with one attached hydrogen (secondary N) is 1. The maximum absolute atomic E-state index is 12.4. The summed E-state index contributed by atoms with van der Waals surface area (Å²) >= 11 is 0. The molecule has 0 saturated heterocycles. The standard InChI is InChI=1S/C21H28N2O4S/c1-15-6-9-20(27-5)18(12-15)14-23(4)21(24)10-11-22-28(25,26)19-8-7-16(2)17(3)13-19/h6-9,12-13,22H,10-11,14H2,1-5H3. The number of methoxy groups -OCH3 is 1. The molecule has 6 nitrogen and oxygen atoms in total. The van der Waals surface area contributed by atoms with Crippen molar-refractivity contribution in [3.63, 3.8) is 0 Å². The predicted octanol–water partition coefficient (Wildman–Crippen LogP) is 2.95. The molecule has 1 amide bonds. The van der Waals surface area contributed by atoms with Crippen LogP contribution in [0.15, 0.2) is 41.3 Å². The van der Waals surface area contributed by atoms with Gasteiger partial charge in [-0.25, -0.2) is 13.1 Å². The summed E-state index contributed by atoms with van der Waals surface area (Å²) in [5, 5.41) is 0. The van der Waals surface area contributed by atoms with Gasteiger partial charge in [0.2, 0.25) is 15.9 Å². The lowest BCUT2D eigenvalue weighted by molar-refractivity contribution is -0.130. The highest BCUT2D eigenvalue weighted by atomic mass is 32.2. The molecule has 152 valence electrons. The van der Waals surface area contributed by atoms with E-state index in [9.17, 15) is 13.2 Å². The molecule has 2 aromatic carbocycles. The Kier molecular flexibility index (Phi) is 7.21. The lowest BCUT2D eigenvalue weighted by Crippen LogP contribution is -2.32. The van der Waals surface area contributed by atoms with Crippen LogP contribution >= 0.6 is 0 Å². The Bertz CT molecular complexity index is 955. The normalized spacial score (nSPS) is 11.3. The van der Waals surface area contributed by atoms with Crippen molar-refractivity contribution in [2.45, 2.75) is 38.6 Å². The number of hydrogen-bond donors (Lipinski definition) is 1. The average molecular weight is 405 g/mol. The zero-order valence-electron chi connectivity index (χ0n) is 17.1. The molecule has 0 aliphatic rings. The van der Waals surface area contributed by atoms with Crippen LogP contribution in [0.2, 0.25) is 0 Å². The number of amides is 1. The van der Waals surface area contributed by atoms with Crippen LogP contribution in [0.3, 0.4) is 0 Å².